The molecule has 1 aromatic rings. The number of hydrogen-bond donors (Lipinski definition) is 0. The zero-order chi connectivity index (χ0) is 9.97. The summed E-state index contributed by atoms with van der Waals surface area (Å²) in [7, 11) is 0. The van der Waals surface area contributed by atoms with Crippen LogP contribution in [0.25, 0.3) is 0 Å². The van der Waals surface area contributed by atoms with E-state index in [4.69, 9.17) is 16.3 Å². The zero-order valence-corrected chi connectivity index (χ0v) is 8.07. The van der Waals surface area contributed by atoms with Gasteiger partial charge in [0.25, 0.3) is 0 Å². The zero-order valence-electron chi connectivity index (χ0n) is 7.31. The molecule has 0 saturated carbocycles. The van der Waals surface area contributed by atoms with Gasteiger partial charge in [-0.2, -0.15) is 0 Å². The molecule has 0 N–H and O–H groups in total. The van der Waals surface area contributed by atoms with Crippen LogP contribution in [0.1, 0.15) is 0 Å². The van der Waals surface area contributed by atoms with Crippen molar-refractivity contribution in [2.45, 2.75) is 5.38 Å². The fourth-order valence-electron chi connectivity index (χ4n) is 1.18. The van der Waals surface area contributed by atoms with Gasteiger partial charge in [0.05, 0.1) is 11.4 Å². The molecule has 0 amide bonds. The van der Waals surface area contributed by atoms with E-state index in [-0.39, 0.29) is 6.61 Å². The fraction of sp³-hybridized carbons (Fsp3) is 0.200. The number of alkyl halides is 1. The van der Waals surface area contributed by atoms with Crippen LogP contribution in [0.4, 0.5) is 5.69 Å². The van der Waals surface area contributed by atoms with E-state index in [1.807, 2.05) is 30.3 Å². The Labute approximate surface area is 86.4 Å². The van der Waals surface area contributed by atoms with Gasteiger partial charge in [-0.05, 0) is 12.1 Å². The van der Waals surface area contributed by atoms with Crippen molar-refractivity contribution in [2.24, 2.45) is 4.99 Å². The first-order chi connectivity index (χ1) is 6.77. The Balaban J connectivity index is 2.24. The van der Waals surface area contributed by atoms with Crippen LogP contribution in [0.5, 0.6) is 0 Å². The van der Waals surface area contributed by atoms with E-state index in [2.05, 4.69) is 4.99 Å². The number of nitrogens with zero attached hydrogens (tertiary/aromatic N) is 1. The Morgan fingerprint density at radius 1 is 1.36 bits per heavy atom. The van der Waals surface area contributed by atoms with Crippen molar-refractivity contribution in [2.75, 3.05) is 6.61 Å². The molecule has 0 spiro atoms. The highest BCUT2D eigenvalue weighted by Crippen LogP contribution is 2.17. The highest BCUT2D eigenvalue weighted by atomic mass is 35.5. The molecule has 2 rings (SSSR count). The number of benzene rings is 1. The molecular weight excluding hydrogens is 202 g/mol. The van der Waals surface area contributed by atoms with Gasteiger partial charge in [0, 0.05) is 0 Å². The summed E-state index contributed by atoms with van der Waals surface area (Å²) in [4.78, 5) is 15.2. The summed E-state index contributed by atoms with van der Waals surface area (Å²) < 4.78 is 4.75. The van der Waals surface area contributed by atoms with Crippen molar-refractivity contribution < 1.29 is 9.53 Å². The van der Waals surface area contributed by atoms with Crippen LogP contribution in [0.3, 0.4) is 0 Å². The highest BCUT2D eigenvalue weighted by molar-refractivity contribution is 6.43. The minimum atomic E-state index is -0.727. The second-order valence-corrected chi connectivity index (χ2v) is 3.35. The summed E-state index contributed by atoms with van der Waals surface area (Å²) in [5, 5.41) is -0.727. The number of halogens is 1. The van der Waals surface area contributed by atoms with Gasteiger partial charge in [0.15, 0.2) is 5.38 Å². The maximum absolute atomic E-state index is 10.9. The molecule has 14 heavy (non-hydrogen) atoms. The number of rotatable bonds is 1. The molecule has 72 valence electrons. The van der Waals surface area contributed by atoms with Crippen LogP contribution >= 0.6 is 11.6 Å². The van der Waals surface area contributed by atoms with E-state index in [0.29, 0.717) is 5.71 Å². The fourth-order valence-corrected chi connectivity index (χ4v) is 1.36. The van der Waals surface area contributed by atoms with E-state index in [1.165, 1.54) is 0 Å². The monoisotopic (exact) mass is 209 g/mol. The Bertz CT molecular complexity index is 375. The Kier molecular flexibility index (Phi) is 2.50. The van der Waals surface area contributed by atoms with Crippen molar-refractivity contribution in [3.63, 3.8) is 0 Å². The minimum Gasteiger partial charge on any atom is -0.458 e. The molecule has 1 saturated heterocycles. The molecule has 1 aromatic carbocycles. The van der Waals surface area contributed by atoms with Gasteiger partial charge in [0.2, 0.25) is 0 Å². The maximum atomic E-state index is 10.9. The van der Waals surface area contributed by atoms with Crippen LogP contribution < -0.4 is 0 Å². The van der Waals surface area contributed by atoms with E-state index >= 15 is 0 Å². The average molecular weight is 210 g/mol. The Morgan fingerprint density at radius 2 is 2.07 bits per heavy atom. The lowest BCUT2D eigenvalue weighted by Gasteiger charge is -1.96. The topological polar surface area (TPSA) is 38.7 Å². The quantitative estimate of drug-likeness (QED) is 0.524. The lowest BCUT2D eigenvalue weighted by atomic mass is 10.3. The third kappa shape index (κ3) is 1.77. The Hall–Kier alpha value is -1.35. The van der Waals surface area contributed by atoms with Crippen LogP contribution in [0, 0.1) is 0 Å². The van der Waals surface area contributed by atoms with Gasteiger partial charge >= 0.3 is 5.97 Å². The SMILES string of the molecule is O=C1OCC(=Nc2ccccc2)C1Cl. The van der Waals surface area contributed by atoms with Crippen LogP contribution in [0.15, 0.2) is 35.3 Å². The molecule has 1 unspecified atom stereocenters. The summed E-state index contributed by atoms with van der Waals surface area (Å²) in [6, 6.07) is 9.34. The van der Waals surface area contributed by atoms with Crippen molar-refractivity contribution in [3.8, 4) is 0 Å². The molecule has 0 bridgehead atoms. The molecule has 1 fully saturated rings. The van der Waals surface area contributed by atoms with Gasteiger partial charge in [-0.1, -0.05) is 18.2 Å². The summed E-state index contributed by atoms with van der Waals surface area (Å²) >= 11 is 5.77. The van der Waals surface area contributed by atoms with E-state index in [0.717, 1.165) is 5.69 Å². The van der Waals surface area contributed by atoms with Gasteiger partial charge in [-0.3, -0.25) is 9.79 Å². The van der Waals surface area contributed by atoms with Crippen LogP contribution in [-0.2, 0) is 9.53 Å². The minimum absolute atomic E-state index is 0.196. The standard InChI is InChI=1S/C10H8ClNO2/c11-9-8(6-14-10(9)13)12-7-4-2-1-3-5-7/h1-5,9H,6H2. The first-order valence-corrected chi connectivity index (χ1v) is 4.64. The molecule has 3 nitrogen and oxygen atoms in total. The molecule has 0 radical (unpaired) electrons. The van der Waals surface area contributed by atoms with Crippen LogP contribution in [-0.4, -0.2) is 23.7 Å². The lowest BCUT2D eigenvalue weighted by molar-refractivity contribution is -0.137. The molecule has 1 aliphatic heterocycles. The second kappa shape index (κ2) is 3.80. The van der Waals surface area contributed by atoms with Crippen molar-refractivity contribution in [3.05, 3.63) is 30.3 Å². The number of aliphatic imine (C=N–C) groups is 1. The molecular formula is C10H8ClNO2. The normalized spacial score (nSPS) is 23.9. The molecule has 4 heteroatoms. The van der Waals surface area contributed by atoms with Crippen molar-refractivity contribution in [1.29, 1.82) is 0 Å². The smallest absolute Gasteiger partial charge is 0.330 e. The molecule has 1 atom stereocenters. The number of para-hydroxylation sites is 1. The van der Waals surface area contributed by atoms with E-state index in [1.54, 1.807) is 0 Å². The molecule has 1 heterocycles. The van der Waals surface area contributed by atoms with Crippen molar-refractivity contribution in [1.82, 2.24) is 0 Å². The number of carbonyl (C=O) groups excluding carboxylic acids is 1. The van der Waals surface area contributed by atoms with Gasteiger partial charge < -0.3 is 4.74 Å². The van der Waals surface area contributed by atoms with E-state index in [9.17, 15) is 4.79 Å². The van der Waals surface area contributed by atoms with Gasteiger partial charge in [-0.25, -0.2) is 0 Å². The molecule has 0 aromatic heterocycles. The maximum Gasteiger partial charge on any atom is 0.330 e. The number of hydrogen-bond acceptors (Lipinski definition) is 3. The summed E-state index contributed by atoms with van der Waals surface area (Å²) in [6.07, 6.45) is 0. The van der Waals surface area contributed by atoms with Gasteiger partial charge in [0.1, 0.15) is 6.61 Å². The summed E-state index contributed by atoms with van der Waals surface area (Å²) in [6.45, 7) is 0.196. The number of esters is 1. The predicted octanol–water partition coefficient (Wildman–Crippen LogP) is 1.92. The second-order valence-electron chi connectivity index (χ2n) is 2.91. The average Bonchev–Trinajstić information content (AvgIpc) is 2.52. The third-order valence-corrected chi connectivity index (χ3v) is 2.32. The van der Waals surface area contributed by atoms with E-state index < -0.39 is 11.3 Å². The summed E-state index contributed by atoms with van der Waals surface area (Å²) in [5.41, 5.74) is 1.36. The van der Waals surface area contributed by atoms with Crippen LogP contribution in [0.2, 0.25) is 0 Å². The first kappa shape index (κ1) is 9.21. The third-order valence-electron chi connectivity index (χ3n) is 1.89. The lowest BCUT2D eigenvalue weighted by Crippen LogP contribution is -2.14. The number of cyclic esters (lactones) is 1. The van der Waals surface area contributed by atoms with Crippen molar-refractivity contribution >= 4 is 29.0 Å². The Morgan fingerprint density at radius 3 is 2.64 bits per heavy atom. The number of ether oxygens (including phenoxy) is 1. The predicted molar refractivity (Wildman–Crippen MR) is 54.1 cm³/mol. The van der Waals surface area contributed by atoms with Gasteiger partial charge in [-0.15, -0.1) is 11.6 Å². The summed E-state index contributed by atoms with van der Waals surface area (Å²) in [5.74, 6) is -0.415. The first-order valence-electron chi connectivity index (χ1n) is 4.20. The molecule has 0 aliphatic carbocycles. The highest BCUT2D eigenvalue weighted by Gasteiger charge is 2.31. The molecule has 1 aliphatic rings. The largest absolute Gasteiger partial charge is 0.458 e. The number of carbonyl (C=O) groups is 1.